The molecule has 0 aliphatic rings. The van der Waals surface area contributed by atoms with Crippen molar-refractivity contribution < 1.29 is 4.42 Å². The lowest BCUT2D eigenvalue weighted by Gasteiger charge is -2.08. The van der Waals surface area contributed by atoms with Crippen LogP contribution < -0.4 is 5.56 Å². The van der Waals surface area contributed by atoms with Gasteiger partial charge in [0.25, 0.3) is 5.56 Å². The van der Waals surface area contributed by atoms with E-state index >= 15 is 0 Å². The second kappa shape index (κ2) is 6.37. The van der Waals surface area contributed by atoms with Gasteiger partial charge in [0.1, 0.15) is 11.5 Å². The van der Waals surface area contributed by atoms with Gasteiger partial charge in [-0.15, -0.1) is 0 Å². The van der Waals surface area contributed by atoms with Crippen LogP contribution in [-0.2, 0) is 0 Å². The summed E-state index contributed by atoms with van der Waals surface area (Å²) in [5.74, 6) is 1.44. The third-order valence-corrected chi connectivity index (χ3v) is 3.94. The molecule has 0 amide bonds. The first kappa shape index (κ1) is 15.4. The molecule has 0 fully saturated rings. The third kappa shape index (κ3) is 2.97. The molecule has 0 saturated carbocycles. The van der Waals surface area contributed by atoms with Crippen LogP contribution in [0.15, 0.2) is 82.3 Å². The summed E-state index contributed by atoms with van der Waals surface area (Å²) in [5.41, 5.74) is 1.18. The summed E-state index contributed by atoms with van der Waals surface area (Å²) in [5, 5.41) is 0.649. The van der Waals surface area contributed by atoms with Crippen LogP contribution in [0.1, 0.15) is 0 Å². The van der Waals surface area contributed by atoms with Crippen LogP contribution in [0.4, 0.5) is 0 Å². The minimum absolute atomic E-state index is 0.206. The van der Waals surface area contributed by atoms with Crippen molar-refractivity contribution in [3.8, 4) is 28.7 Å². The summed E-state index contributed by atoms with van der Waals surface area (Å²) in [4.78, 5) is 20.9. The molecule has 122 valence electrons. The minimum atomic E-state index is -0.206. The lowest BCUT2D eigenvalue weighted by atomic mass is 10.2. The fraction of sp³-hybridized carbons (Fsp3) is 0. The Labute approximate surface area is 148 Å². The van der Waals surface area contributed by atoms with Gasteiger partial charge in [0.2, 0.25) is 5.89 Å². The predicted molar refractivity (Wildman–Crippen MR) is 95.8 cm³/mol. The molecule has 4 aromatic rings. The zero-order valence-electron chi connectivity index (χ0n) is 13.0. The van der Waals surface area contributed by atoms with Crippen LogP contribution in [0.5, 0.6) is 0 Å². The van der Waals surface area contributed by atoms with E-state index in [0.29, 0.717) is 28.2 Å². The molecule has 0 unspecified atom stereocenters. The Hall–Kier alpha value is -3.18. The molecule has 5 nitrogen and oxygen atoms in total. The van der Waals surface area contributed by atoms with E-state index < -0.39 is 0 Å². The van der Waals surface area contributed by atoms with E-state index in [4.69, 9.17) is 16.0 Å². The number of hydrogen-bond donors (Lipinski definition) is 0. The normalized spacial score (nSPS) is 10.8. The topological polar surface area (TPSA) is 60.9 Å². The first-order chi connectivity index (χ1) is 12.2. The Morgan fingerprint density at radius 3 is 2.52 bits per heavy atom. The number of pyridine rings is 2. The summed E-state index contributed by atoms with van der Waals surface area (Å²) in [6, 6.07) is 17.6. The van der Waals surface area contributed by atoms with Gasteiger partial charge >= 0.3 is 0 Å². The van der Waals surface area contributed by atoms with Crippen molar-refractivity contribution in [1.82, 2.24) is 14.5 Å². The monoisotopic (exact) mass is 349 g/mol. The van der Waals surface area contributed by atoms with Crippen LogP contribution in [0.3, 0.4) is 0 Å². The van der Waals surface area contributed by atoms with Crippen molar-refractivity contribution >= 4 is 11.6 Å². The largest absolute Gasteiger partial charge is 0.435 e. The third-order valence-electron chi connectivity index (χ3n) is 3.69. The molecule has 0 radical (unpaired) electrons. The second-order valence-electron chi connectivity index (χ2n) is 5.31. The average molecular weight is 350 g/mol. The lowest BCUT2D eigenvalue weighted by Crippen LogP contribution is -2.19. The van der Waals surface area contributed by atoms with Crippen LogP contribution in [0.2, 0.25) is 5.02 Å². The predicted octanol–water partition coefficient (Wildman–Crippen LogP) is 4.21. The van der Waals surface area contributed by atoms with Gasteiger partial charge in [0.15, 0.2) is 5.76 Å². The molecule has 25 heavy (non-hydrogen) atoms. The number of halogens is 1. The van der Waals surface area contributed by atoms with Crippen molar-refractivity contribution in [1.29, 1.82) is 0 Å². The van der Waals surface area contributed by atoms with Gasteiger partial charge in [-0.25, -0.2) is 9.97 Å². The van der Waals surface area contributed by atoms with Gasteiger partial charge in [0, 0.05) is 22.8 Å². The van der Waals surface area contributed by atoms with Crippen LogP contribution >= 0.6 is 11.6 Å². The molecule has 0 aliphatic heterocycles. The number of hydrogen-bond acceptors (Lipinski definition) is 4. The highest BCUT2D eigenvalue weighted by Gasteiger charge is 2.15. The first-order valence-corrected chi connectivity index (χ1v) is 7.96. The Balaban J connectivity index is 1.83. The SMILES string of the molecule is O=c1cccc(-c2ncc(-c3ccc(Cl)cc3)o2)n1-c1ccccn1. The average Bonchev–Trinajstić information content (AvgIpc) is 3.13. The molecule has 0 aliphatic carbocycles. The maximum absolute atomic E-state index is 12.4. The first-order valence-electron chi connectivity index (χ1n) is 7.58. The number of benzene rings is 1. The smallest absolute Gasteiger partial charge is 0.256 e. The van der Waals surface area contributed by atoms with E-state index in [1.54, 1.807) is 48.8 Å². The molecular weight excluding hydrogens is 338 g/mol. The zero-order valence-corrected chi connectivity index (χ0v) is 13.7. The standard InChI is InChI=1S/C19H12ClN3O2/c20-14-9-7-13(8-10-14)16-12-22-19(25-16)15-4-3-6-18(24)23(15)17-5-1-2-11-21-17/h1-12H. The second-order valence-corrected chi connectivity index (χ2v) is 5.75. The van der Waals surface area contributed by atoms with Crippen LogP contribution in [0.25, 0.3) is 28.7 Å². The van der Waals surface area contributed by atoms with E-state index in [2.05, 4.69) is 9.97 Å². The van der Waals surface area contributed by atoms with Crippen molar-refractivity contribution in [2.75, 3.05) is 0 Å². The van der Waals surface area contributed by atoms with E-state index in [1.807, 2.05) is 18.2 Å². The highest BCUT2D eigenvalue weighted by atomic mass is 35.5. The minimum Gasteiger partial charge on any atom is -0.435 e. The molecule has 0 atom stereocenters. The lowest BCUT2D eigenvalue weighted by molar-refractivity contribution is 0.583. The summed E-state index contributed by atoms with van der Waals surface area (Å²) >= 11 is 5.92. The Morgan fingerprint density at radius 2 is 1.76 bits per heavy atom. The Kier molecular flexibility index (Phi) is 3.91. The number of aromatic nitrogens is 3. The number of nitrogens with zero attached hydrogens (tertiary/aromatic N) is 3. The molecule has 0 bridgehead atoms. The van der Waals surface area contributed by atoms with E-state index in [-0.39, 0.29) is 5.56 Å². The van der Waals surface area contributed by atoms with Crippen molar-refractivity contribution in [2.45, 2.75) is 0 Å². The molecule has 1 aromatic carbocycles. The summed E-state index contributed by atoms with van der Waals surface area (Å²) < 4.78 is 7.34. The zero-order chi connectivity index (χ0) is 17.2. The number of rotatable bonds is 3. The molecule has 0 spiro atoms. The Morgan fingerprint density at radius 1 is 0.920 bits per heavy atom. The molecule has 0 N–H and O–H groups in total. The van der Waals surface area contributed by atoms with Crippen LogP contribution in [-0.4, -0.2) is 14.5 Å². The van der Waals surface area contributed by atoms with Gasteiger partial charge in [-0.2, -0.15) is 0 Å². The van der Waals surface area contributed by atoms with Gasteiger partial charge in [-0.1, -0.05) is 23.7 Å². The summed E-state index contributed by atoms with van der Waals surface area (Å²) in [6.07, 6.45) is 3.26. The fourth-order valence-electron chi connectivity index (χ4n) is 2.52. The van der Waals surface area contributed by atoms with Gasteiger partial charge < -0.3 is 4.42 Å². The highest BCUT2D eigenvalue weighted by Crippen LogP contribution is 2.27. The maximum atomic E-state index is 12.4. The van der Waals surface area contributed by atoms with Crippen LogP contribution in [0, 0.1) is 0 Å². The van der Waals surface area contributed by atoms with E-state index in [1.165, 1.54) is 10.6 Å². The number of oxazole rings is 1. The fourth-order valence-corrected chi connectivity index (χ4v) is 2.64. The van der Waals surface area contributed by atoms with Crippen molar-refractivity contribution in [3.63, 3.8) is 0 Å². The highest BCUT2D eigenvalue weighted by molar-refractivity contribution is 6.30. The molecule has 3 aromatic heterocycles. The molecule has 3 heterocycles. The van der Waals surface area contributed by atoms with Gasteiger partial charge in [-0.3, -0.25) is 9.36 Å². The van der Waals surface area contributed by atoms with E-state index in [9.17, 15) is 4.79 Å². The quantitative estimate of drug-likeness (QED) is 0.556. The van der Waals surface area contributed by atoms with Crippen molar-refractivity contribution in [2.24, 2.45) is 0 Å². The summed E-state index contributed by atoms with van der Waals surface area (Å²) in [7, 11) is 0. The molecular formula is C19H12ClN3O2. The maximum Gasteiger partial charge on any atom is 0.256 e. The molecule has 0 saturated heterocycles. The van der Waals surface area contributed by atoms with Crippen molar-refractivity contribution in [3.05, 3.63) is 88.4 Å². The van der Waals surface area contributed by atoms with E-state index in [0.717, 1.165) is 5.56 Å². The molecule has 6 heteroatoms. The summed E-state index contributed by atoms with van der Waals surface area (Å²) in [6.45, 7) is 0. The molecule has 4 rings (SSSR count). The van der Waals surface area contributed by atoms with Gasteiger partial charge in [0.05, 0.1) is 6.20 Å². The Bertz CT molecular complexity index is 1070. The van der Waals surface area contributed by atoms with Gasteiger partial charge in [-0.05, 0) is 42.5 Å².